The summed E-state index contributed by atoms with van der Waals surface area (Å²) in [7, 11) is 0. The van der Waals surface area contributed by atoms with Crippen molar-refractivity contribution in [1.82, 2.24) is 0 Å². The third kappa shape index (κ3) is 1.39. The Balaban J connectivity index is 2.87. The Morgan fingerprint density at radius 1 is 1.50 bits per heavy atom. The molecule has 0 unspecified atom stereocenters. The molecule has 70 valence electrons. The zero-order valence-corrected chi connectivity index (χ0v) is 9.65. The first-order chi connectivity index (χ1) is 6.76. The van der Waals surface area contributed by atoms with Crippen molar-refractivity contribution in [1.29, 1.82) is 5.26 Å². The van der Waals surface area contributed by atoms with Gasteiger partial charge in [-0.1, -0.05) is 15.9 Å². The topological polar surface area (TPSA) is 49.8 Å². The molecule has 0 aliphatic heterocycles. The van der Waals surface area contributed by atoms with Crippen LogP contribution >= 0.6 is 27.3 Å². The molecule has 0 saturated carbocycles. The van der Waals surface area contributed by atoms with Crippen LogP contribution < -0.4 is 5.73 Å². The lowest BCUT2D eigenvalue weighted by Gasteiger charge is -1.98. The number of halogens is 1. The van der Waals surface area contributed by atoms with Crippen LogP contribution in [0.15, 0.2) is 17.5 Å². The Morgan fingerprint density at radius 3 is 2.93 bits per heavy atom. The van der Waals surface area contributed by atoms with Crippen LogP contribution in [0.25, 0.3) is 10.1 Å². The summed E-state index contributed by atoms with van der Waals surface area (Å²) in [6.07, 6.45) is 0. The van der Waals surface area contributed by atoms with Crippen LogP contribution in [0.4, 0.5) is 5.69 Å². The lowest BCUT2D eigenvalue weighted by molar-refractivity contribution is 1.48. The molecule has 1 heterocycles. The number of thiophene rings is 1. The van der Waals surface area contributed by atoms with E-state index in [1.54, 1.807) is 17.4 Å². The van der Waals surface area contributed by atoms with Crippen LogP contribution in [0.5, 0.6) is 0 Å². The number of nitrogens with zero attached hydrogens (tertiary/aromatic N) is 1. The highest BCUT2D eigenvalue weighted by Gasteiger charge is 2.08. The zero-order valence-electron chi connectivity index (χ0n) is 7.25. The lowest BCUT2D eigenvalue weighted by atomic mass is 10.1. The molecule has 0 saturated heterocycles. The molecule has 2 aromatic rings. The highest BCUT2D eigenvalue weighted by molar-refractivity contribution is 9.08. The minimum absolute atomic E-state index is 0.650. The summed E-state index contributed by atoms with van der Waals surface area (Å²) in [5.41, 5.74) is 8.16. The summed E-state index contributed by atoms with van der Waals surface area (Å²) in [5, 5.41) is 12.8. The first-order valence-electron chi connectivity index (χ1n) is 4.02. The monoisotopic (exact) mass is 266 g/mol. The van der Waals surface area contributed by atoms with Crippen molar-refractivity contribution >= 4 is 43.0 Å². The van der Waals surface area contributed by atoms with Gasteiger partial charge in [-0.05, 0) is 23.1 Å². The van der Waals surface area contributed by atoms with E-state index in [-0.39, 0.29) is 0 Å². The van der Waals surface area contributed by atoms with Gasteiger partial charge in [0.25, 0.3) is 0 Å². The first-order valence-corrected chi connectivity index (χ1v) is 6.02. The number of alkyl halides is 1. The quantitative estimate of drug-likeness (QED) is 0.637. The number of rotatable bonds is 1. The Labute approximate surface area is 94.1 Å². The van der Waals surface area contributed by atoms with Gasteiger partial charge in [0.1, 0.15) is 0 Å². The number of nitrogens with two attached hydrogens (primary N) is 1. The van der Waals surface area contributed by atoms with Crippen molar-refractivity contribution in [2.24, 2.45) is 0 Å². The van der Waals surface area contributed by atoms with E-state index in [0.29, 0.717) is 11.3 Å². The van der Waals surface area contributed by atoms with Crippen molar-refractivity contribution in [2.75, 3.05) is 5.73 Å². The van der Waals surface area contributed by atoms with Gasteiger partial charge in [-0.25, -0.2) is 0 Å². The standard InChI is InChI=1S/C10H7BrN2S/c11-3-7-5-14-9-2-8(13)1-6(4-12)10(7)9/h1-2,5H,3,13H2. The molecule has 2 N–H and O–H groups in total. The van der Waals surface area contributed by atoms with Gasteiger partial charge in [-0.15, -0.1) is 11.3 Å². The van der Waals surface area contributed by atoms with Gasteiger partial charge in [0.15, 0.2) is 0 Å². The van der Waals surface area contributed by atoms with E-state index in [1.165, 1.54) is 0 Å². The summed E-state index contributed by atoms with van der Waals surface area (Å²) in [5.74, 6) is 0. The molecule has 0 aliphatic rings. The summed E-state index contributed by atoms with van der Waals surface area (Å²) >= 11 is 5.03. The molecule has 0 atom stereocenters. The van der Waals surface area contributed by atoms with E-state index >= 15 is 0 Å². The molecule has 1 aromatic carbocycles. The number of anilines is 1. The number of hydrogen-bond donors (Lipinski definition) is 1. The van der Waals surface area contributed by atoms with E-state index in [0.717, 1.165) is 21.0 Å². The average molecular weight is 267 g/mol. The molecule has 0 radical (unpaired) electrons. The number of benzene rings is 1. The van der Waals surface area contributed by atoms with E-state index < -0.39 is 0 Å². The molecule has 14 heavy (non-hydrogen) atoms. The molecule has 4 heteroatoms. The van der Waals surface area contributed by atoms with E-state index in [9.17, 15) is 0 Å². The Bertz CT molecular complexity index is 525. The molecule has 0 spiro atoms. The summed E-state index contributed by atoms with van der Waals surface area (Å²) in [6.45, 7) is 0. The molecule has 2 rings (SSSR count). The summed E-state index contributed by atoms with van der Waals surface area (Å²) < 4.78 is 1.08. The van der Waals surface area contributed by atoms with Gasteiger partial charge in [-0.3, -0.25) is 0 Å². The molecule has 1 aromatic heterocycles. The Hall–Kier alpha value is -1.05. The molecule has 0 aliphatic carbocycles. The smallest absolute Gasteiger partial charge is 0.0999 e. The predicted octanol–water partition coefficient (Wildman–Crippen LogP) is 3.25. The lowest BCUT2D eigenvalue weighted by Crippen LogP contribution is -1.87. The van der Waals surface area contributed by atoms with Crippen molar-refractivity contribution in [3.8, 4) is 6.07 Å². The fourth-order valence-corrected chi connectivity index (χ4v) is 3.13. The fraction of sp³-hybridized carbons (Fsp3) is 0.100. The normalized spacial score (nSPS) is 10.3. The van der Waals surface area contributed by atoms with Crippen LogP contribution in [0.2, 0.25) is 0 Å². The van der Waals surface area contributed by atoms with Crippen LogP contribution in [0.3, 0.4) is 0 Å². The van der Waals surface area contributed by atoms with Crippen molar-refractivity contribution in [3.63, 3.8) is 0 Å². The second kappa shape index (κ2) is 3.60. The molecular formula is C10H7BrN2S. The summed E-state index contributed by atoms with van der Waals surface area (Å²) in [4.78, 5) is 0. The number of fused-ring (bicyclic) bond motifs is 1. The minimum atomic E-state index is 0.650. The van der Waals surface area contributed by atoms with Gasteiger partial charge >= 0.3 is 0 Å². The SMILES string of the molecule is N#Cc1cc(N)cc2scc(CBr)c12. The van der Waals surface area contributed by atoms with Crippen LogP contribution in [0, 0.1) is 11.3 Å². The third-order valence-electron chi connectivity index (χ3n) is 2.04. The van der Waals surface area contributed by atoms with Crippen molar-refractivity contribution < 1.29 is 0 Å². The molecular weight excluding hydrogens is 260 g/mol. The predicted molar refractivity (Wildman–Crippen MR) is 63.6 cm³/mol. The van der Waals surface area contributed by atoms with Crippen molar-refractivity contribution in [2.45, 2.75) is 5.33 Å². The van der Waals surface area contributed by atoms with E-state index in [1.807, 2.05) is 6.07 Å². The number of nitrogen functional groups attached to an aromatic ring is 1. The number of nitriles is 1. The Kier molecular flexibility index (Phi) is 2.44. The minimum Gasteiger partial charge on any atom is -0.399 e. The molecule has 0 amide bonds. The van der Waals surface area contributed by atoms with E-state index in [4.69, 9.17) is 11.0 Å². The maximum Gasteiger partial charge on any atom is 0.0999 e. The second-order valence-corrected chi connectivity index (χ2v) is 4.42. The largest absolute Gasteiger partial charge is 0.399 e. The molecule has 2 nitrogen and oxygen atoms in total. The zero-order chi connectivity index (χ0) is 10.1. The Morgan fingerprint density at radius 2 is 2.29 bits per heavy atom. The second-order valence-electron chi connectivity index (χ2n) is 2.95. The maximum atomic E-state index is 8.98. The average Bonchev–Trinajstić information content (AvgIpc) is 2.59. The van der Waals surface area contributed by atoms with Crippen LogP contribution in [-0.4, -0.2) is 0 Å². The van der Waals surface area contributed by atoms with Crippen LogP contribution in [-0.2, 0) is 5.33 Å². The number of hydrogen-bond acceptors (Lipinski definition) is 3. The van der Waals surface area contributed by atoms with Gasteiger partial charge in [0.05, 0.1) is 11.6 Å². The fourth-order valence-electron chi connectivity index (χ4n) is 1.44. The maximum absolute atomic E-state index is 8.98. The highest BCUT2D eigenvalue weighted by atomic mass is 79.9. The van der Waals surface area contributed by atoms with Gasteiger partial charge < -0.3 is 5.73 Å². The van der Waals surface area contributed by atoms with Gasteiger partial charge in [0.2, 0.25) is 0 Å². The van der Waals surface area contributed by atoms with Crippen LogP contribution in [0.1, 0.15) is 11.1 Å². The third-order valence-corrected chi connectivity index (χ3v) is 3.62. The van der Waals surface area contributed by atoms with E-state index in [2.05, 4.69) is 27.4 Å². The summed E-state index contributed by atoms with van der Waals surface area (Å²) in [6, 6.07) is 5.81. The molecule has 0 bridgehead atoms. The molecule has 0 fully saturated rings. The highest BCUT2D eigenvalue weighted by Crippen LogP contribution is 2.32. The van der Waals surface area contributed by atoms with Gasteiger partial charge in [0, 0.05) is 21.1 Å². The van der Waals surface area contributed by atoms with Crippen molar-refractivity contribution in [3.05, 3.63) is 28.6 Å². The van der Waals surface area contributed by atoms with Gasteiger partial charge in [-0.2, -0.15) is 5.26 Å². The first kappa shape index (κ1) is 9.50.